The number of carbonyl (C=O) groups excluding carboxylic acids is 5. The third kappa shape index (κ3) is 15.8. The summed E-state index contributed by atoms with van der Waals surface area (Å²) in [6.07, 6.45) is 9.66. The molecule has 23 nitrogen and oxygen atoms in total. The summed E-state index contributed by atoms with van der Waals surface area (Å²) in [5, 5.41) is 29.9. The Labute approximate surface area is 509 Å². The van der Waals surface area contributed by atoms with Crippen LogP contribution >= 0.6 is 46.4 Å². The minimum Gasteiger partial charge on any atom is -0.342 e. The molecule has 0 aliphatic carbocycles. The summed E-state index contributed by atoms with van der Waals surface area (Å²) < 4.78 is 2.93. The number of imidazole rings is 2. The predicted octanol–water partition coefficient (Wildman–Crippen LogP) is 7.71. The second-order valence-electron chi connectivity index (χ2n) is 20.5. The number of benzene rings is 4. The van der Waals surface area contributed by atoms with E-state index < -0.39 is 23.9 Å². The van der Waals surface area contributed by atoms with Crippen LogP contribution in [0.4, 0.5) is 0 Å². The summed E-state index contributed by atoms with van der Waals surface area (Å²) in [6, 6.07) is 24.6. The molecule has 4 aromatic carbocycles. The molecule has 2 saturated heterocycles. The first-order valence-electron chi connectivity index (χ1n) is 27.0. The average molecular weight is 1230 g/mol. The second-order valence-corrected chi connectivity index (χ2v) is 22.2. The van der Waals surface area contributed by atoms with Crippen LogP contribution in [0.15, 0.2) is 110 Å². The maximum atomic E-state index is 13.4. The number of nitrogens with zero attached hydrogens (tertiary/aromatic N) is 14. The van der Waals surface area contributed by atoms with Crippen molar-refractivity contribution in [3.8, 4) is 33.9 Å². The number of H-pyrrole nitrogens is 2. The zero-order chi connectivity index (χ0) is 60.3. The number of likely N-dealkylation sites (N-methyl/N-ethyl adjacent to an activating group) is 1. The number of hydrogen-bond acceptors (Lipinski definition) is 14. The quantitative estimate of drug-likeness (QED) is 0.0637. The number of aryl methyl sites for hydroxylation is 2. The Morgan fingerprint density at radius 2 is 1.05 bits per heavy atom. The molecule has 4 aromatic heterocycles. The Balaban J connectivity index is 0.000000204. The number of rotatable bonds is 17. The molecule has 10 rings (SSSR count). The van der Waals surface area contributed by atoms with Crippen LogP contribution in [0, 0.1) is 13.8 Å². The number of tetrazole rings is 2. The van der Waals surface area contributed by atoms with Gasteiger partial charge in [-0.05, 0) is 104 Å². The zero-order valence-corrected chi connectivity index (χ0v) is 50.0. The summed E-state index contributed by atoms with van der Waals surface area (Å²) in [7, 11) is 4.02. The van der Waals surface area contributed by atoms with Crippen LogP contribution in [0.3, 0.4) is 0 Å². The number of aromatic amines is 2. The first kappa shape index (κ1) is 61.0. The van der Waals surface area contributed by atoms with E-state index in [2.05, 4.69) is 61.5 Å². The van der Waals surface area contributed by atoms with Gasteiger partial charge in [-0.3, -0.25) is 24.0 Å². The highest BCUT2D eigenvalue weighted by Gasteiger charge is 2.32. The molecule has 5 amide bonds. The summed E-state index contributed by atoms with van der Waals surface area (Å²) >= 11 is 25.5. The van der Waals surface area contributed by atoms with Gasteiger partial charge in [-0.15, -0.1) is 10.2 Å². The standard InChI is InChI=1S/C29H29Cl2N9O3.C29H31Cl2N9O2/c1-18-3-5-20(6-4-18)27-28(31)35-29(34-27)23(16-26(43)39-13-11-38(12-14-39)19(2)41)33-25(42)10-7-21-15-22(30)8-9-24(21)40-17-32-36-37-40;1-18-4-6-19(7-5-18)27-28(31)35-29(34-27)23(15-26(42)39-13-12-22(16-39)38(2)3)33-25(41)11-8-20-14-21(30)9-10-24(20)40-17-32-36-37-40/h3-10,15,17,23H,11-14,16H2,1-2H3,(H,33,42)(H,34,35);4-11,14,17,22-23H,12-13,15-16H2,1-3H3,(H,33,41)(H,34,35)/b10-7+;11-8+/t23-;22-,23+/m01/s1. The Kier molecular flexibility index (Phi) is 20.0. The molecule has 6 heterocycles. The van der Waals surface area contributed by atoms with Crippen molar-refractivity contribution in [1.82, 2.24) is 90.6 Å². The first-order chi connectivity index (χ1) is 40.8. The molecular weight excluding hydrogens is 1170 g/mol. The molecule has 0 bridgehead atoms. The van der Waals surface area contributed by atoms with Gasteiger partial charge in [-0.1, -0.05) is 106 Å². The van der Waals surface area contributed by atoms with Crippen molar-refractivity contribution in [2.45, 2.75) is 58.2 Å². The van der Waals surface area contributed by atoms with Crippen molar-refractivity contribution in [1.29, 1.82) is 0 Å². The molecule has 0 saturated carbocycles. The SMILES string of the molecule is CC(=O)N1CCN(C(=O)C[C@H](NC(=O)/C=C/c2cc(Cl)ccc2-n2cnnn2)c2nc(-c3ccc(C)cc3)c(Cl)[nH]2)CC1.Cc1ccc(-c2nc([C@H](CC(=O)N3CC[C@@H](N(C)C)C3)NC(=O)/C=C/c3cc(Cl)ccc3-n3cnnn3)[nH]c2Cl)cc1. The van der Waals surface area contributed by atoms with Crippen molar-refractivity contribution >= 4 is 88.1 Å². The van der Waals surface area contributed by atoms with Gasteiger partial charge in [0, 0.05) is 96.7 Å². The lowest BCUT2D eigenvalue weighted by Crippen LogP contribution is -2.50. The Hall–Kier alpha value is -8.61. The van der Waals surface area contributed by atoms with E-state index >= 15 is 0 Å². The number of carbonyl (C=O) groups is 5. The molecule has 27 heteroatoms. The number of hydrogen-bond donors (Lipinski definition) is 4. The van der Waals surface area contributed by atoms with Crippen molar-refractivity contribution in [3.63, 3.8) is 0 Å². The van der Waals surface area contributed by atoms with Gasteiger partial charge in [0.15, 0.2) is 0 Å². The van der Waals surface area contributed by atoms with Gasteiger partial charge in [-0.2, -0.15) is 9.36 Å². The van der Waals surface area contributed by atoms with E-state index in [9.17, 15) is 24.0 Å². The van der Waals surface area contributed by atoms with Crippen LogP contribution in [0.5, 0.6) is 0 Å². The van der Waals surface area contributed by atoms with Crippen LogP contribution in [-0.2, 0) is 24.0 Å². The van der Waals surface area contributed by atoms with Crippen molar-refractivity contribution in [2.75, 3.05) is 53.4 Å². The molecule has 0 radical (unpaired) electrons. The fourth-order valence-electron chi connectivity index (χ4n) is 9.62. The molecule has 440 valence electrons. The Morgan fingerprint density at radius 1 is 0.612 bits per heavy atom. The highest BCUT2D eigenvalue weighted by molar-refractivity contribution is 6.32. The molecule has 0 spiro atoms. The van der Waals surface area contributed by atoms with E-state index in [0.717, 1.165) is 28.7 Å². The Bertz CT molecular complexity index is 3710. The average Bonchev–Trinajstić information content (AvgIpc) is 4.57. The van der Waals surface area contributed by atoms with Gasteiger partial charge < -0.3 is 40.2 Å². The maximum absolute atomic E-state index is 13.4. The highest BCUT2D eigenvalue weighted by atomic mass is 35.5. The molecule has 2 aliphatic rings. The van der Waals surface area contributed by atoms with E-state index in [4.69, 9.17) is 51.4 Å². The van der Waals surface area contributed by atoms with Gasteiger partial charge in [0.25, 0.3) is 0 Å². The summed E-state index contributed by atoms with van der Waals surface area (Å²) in [5.41, 5.74) is 7.39. The van der Waals surface area contributed by atoms with E-state index in [1.165, 1.54) is 41.1 Å². The summed E-state index contributed by atoms with van der Waals surface area (Å²) in [5.74, 6) is -0.438. The molecule has 3 atom stereocenters. The van der Waals surface area contributed by atoms with Gasteiger partial charge in [-0.25, -0.2) is 9.97 Å². The predicted molar refractivity (Wildman–Crippen MR) is 322 cm³/mol. The number of amides is 5. The normalized spacial score (nSPS) is 15.1. The van der Waals surface area contributed by atoms with Crippen LogP contribution in [0.25, 0.3) is 46.0 Å². The van der Waals surface area contributed by atoms with Gasteiger partial charge in [0.2, 0.25) is 29.5 Å². The fraction of sp³-hybridized carbons (Fsp3) is 0.293. The second kappa shape index (κ2) is 27.9. The maximum Gasteiger partial charge on any atom is 0.244 e. The largest absolute Gasteiger partial charge is 0.342 e. The van der Waals surface area contributed by atoms with Crippen molar-refractivity contribution in [2.24, 2.45) is 0 Å². The minimum atomic E-state index is -0.814. The van der Waals surface area contributed by atoms with E-state index in [1.807, 2.05) is 81.4 Å². The zero-order valence-electron chi connectivity index (χ0n) is 47.0. The minimum absolute atomic E-state index is 0.0178. The van der Waals surface area contributed by atoms with Crippen LogP contribution in [0.1, 0.15) is 72.2 Å². The lowest BCUT2D eigenvalue weighted by molar-refractivity contribution is -0.139. The number of halogens is 4. The summed E-state index contributed by atoms with van der Waals surface area (Å²) in [6.45, 7) is 8.50. The molecule has 85 heavy (non-hydrogen) atoms. The highest BCUT2D eigenvalue weighted by Crippen LogP contribution is 2.32. The fourth-order valence-corrected chi connectivity index (χ4v) is 10.5. The van der Waals surface area contributed by atoms with E-state index in [0.29, 0.717) is 111 Å². The molecule has 2 aliphatic heterocycles. The smallest absolute Gasteiger partial charge is 0.244 e. The lowest BCUT2D eigenvalue weighted by atomic mass is 10.1. The Morgan fingerprint density at radius 3 is 1.45 bits per heavy atom. The molecular formula is C58H60Cl4N18O5. The molecule has 4 N–H and O–H groups in total. The molecule has 8 aromatic rings. The van der Waals surface area contributed by atoms with Crippen LogP contribution < -0.4 is 10.6 Å². The topological polar surface area (TPSA) is 267 Å². The third-order valence-corrected chi connectivity index (χ3v) is 15.4. The monoisotopic (exact) mass is 1230 g/mol. The summed E-state index contributed by atoms with van der Waals surface area (Å²) in [4.78, 5) is 87.8. The van der Waals surface area contributed by atoms with Crippen molar-refractivity contribution in [3.05, 3.63) is 164 Å². The lowest BCUT2D eigenvalue weighted by Gasteiger charge is -2.34. The van der Waals surface area contributed by atoms with Gasteiger partial charge >= 0.3 is 0 Å². The number of likely N-dealkylation sites (tertiary alicyclic amines) is 1. The van der Waals surface area contributed by atoms with E-state index in [-0.39, 0.29) is 30.6 Å². The number of nitrogens with one attached hydrogen (secondary N) is 4. The first-order valence-corrected chi connectivity index (χ1v) is 28.5. The number of piperazine rings is 1. The molecule has 0 unspecified atom stereocenters. The van der Waals surface area contributed by atoms with Gasteiger partial charge in [0.05, 0.1) is 36.3 Å². The van der Waals surface area contributed by atoms with Crippen LogP contribution in [0.2, 0.25) is 20.4 Å². The van der Waals surface area contributed by atoms with Crippen LogP contribution in [-0.4, -0.2) is 169 Å². The molecule has 2 fully saturated rings. The number of aromatic nitrogens is 12. The van der Waals surface area contributed by atoms with Gasteiger partial charge in [0.1, 0.15) is 46.0 Å². The third-order valence-electron chi connectivity index (χ3n) is 14.4. The van der Waals surface area contributed by atoms with Crippen molar-refractivity contribution < 1.29 is 24.0 Å². The van der Waals surface area contributed by atoms with E-state index in [1.54, 1.807) is 58.4 Å².